The zero-order valence-corrected chi connectivity index (χ0v) is 10.9. The molecule has 0 fully saturated rings. The molecule has 0 atom stereocenters. The van der Waals surface area contributed by atoms with Crippen LogP contribution in [0.25, 0.3) is 6.08 Å². The van der Waals surface area contributed by atoms with Crippen LogP contribution in [0.4, 0.5) is 0 Å². The number of nitrogens with zero attached hydrogens (tertiary/aromatic N) is 2. The van der Waals surface area contributed by atoms with Crippen molar-refractivity contribution in [3.8, 4) is 30.2 Å². The molecule has 0 aliphatic carbocycles. The molecule has 0 heterocycles. The second kappa shape index (κ2) is 6.58. The Morgan fingerprint density at radius 1 is 1.41 bits per heavy atom. The summed E-state index contributed by atoms with van der Waals surface area (Å²) < 4.78 is 6.18. The van der Waals surface area contributed by atoms with Crippen LogP contribution in [0.1, 0.15) is 5.56 Å². The summed E-state index contributed by atoms with van der Waals surface area (Å²) in [5.41, 5.74) is 0.846. The molecule has 3 nitrogen and oxygen atoms in total. The van der Waals surface area contributed by atoms with Gasteiger partial charge in [0.2, 0.25) is 0 Å². The van der Waals surface area contributed by atoms with Crippen LogP contribution in [-0.4, -0.2) is 6.61 Å². The van der Waals surface area contributed by atoms with Crippen LogP contribution in [-0.2, 0) is 0 Å². The predicted octanol–water partition coefficient (Wildman–Crippen LogP) is 2.73. The first-order chi connectivity index (χ1) is 8.21. The number of hydrogen-bond acceptors (Lipinski definition) is 3. The maximum absolute atomic E-state index is 8.64. The fourth-order valence-electron chi connectivity index (χ4n) is 1.10. The van der Waals surface area contributed by atoms with E-state index >= 15 is 0 Å². The van der Waals surface area contributed by atoms with Gasteiger partial charge in [0, 0.05) is 0 Å². The molecule has 1 rings (SSSR count). The highest BCUT2D eigenvalue weighted by Crippen LogP contribution is 2.23. The monoisotopic (exact) mass is 334 g/mol. The molecule has 0 N–H and O–H groups in total. The molecule has 0 saturated heterocycles. The normalized spacial score (nSPS) is 8.35. The Hall–Kier alpha value is -1.97. The first-order valence-electron chi connectivity index (χ1n) is 4.59. The number of terminal acetylenes is 1. The molecule has 0 saturated carbocycles. The Balaban J connectivity index is 2.99. The van der Waals surface area contributed by atoms with Crippen molar-refractivity contribution >= 4 is 28.7 Å². The van der Waals surface area contributed by atoms with Gasteiger partial charge in [-0.2, -0.15) is 10.5 Å². The van der Waals surface area contributed by atoms with Gasteiger partial charge in [0.25, 0.3) is 0 Å². The van der Waals surface area contributed by atoms with Crippen LogP contribution >= 0.6 is 22.6 Å². The molecule has 0 amide bonds. The van der Waals surface area contributed by atoms with Crippen LogP contribution < -0.4 is 4.74 Å². The number of hydrogen-bond donors (Lipinski definition) is 0. The highest BCUT2D eigenvalue weighted by atomic mass is 127. The molecule has 0 bridgehead atoms. The van der Waals surface area contributed by atoms with E-state index in [4.69, 9.17) is 21.7 Å². The van der Waals surface area contributed by atoms with Crippen molar-refractivity contribution in [2.24, 2.45) is 0 Å². The second-order valence-electron chi connectivity index (χ2n) is 2.96. The standard InChI is InChI=1S/C13H7IN2O/c1-2-5-17-13-4-3-10(7-12(13)14)6-11(8-15)9-16/h1,3-4,6-7H,5H2. The summed E-state index contributed by atoms with van der Waals surface area (Å²) in [5.74, 6) is 3.08. The van der Waals surface area contributed by atoms with E-state index in [1.807, 2.05) is 18.2 Å². The van der Waals surface area contributed by atoms with Gasteiger partial charge in [0.15, 0.2) is 0 Å². The lowest BCUT2D eigenvalue weighted by atomic mass is 10.1. The summed E-state index contributed by atoms with van der Waals surface area (Å²) in [6.07, 6.45) is 6.62. The highest BCUT2D eigenvalue weighted by molar-refractivity contribution is 14.1. The van der Waals surface area contributed by atoms with Crippen molar-refractivity contribution in [1.82, 2.24) is 0 Å². The van der Waals surface area contributed by atoms with E-state index in [2.05, 4.69) is 28.5 Å². The third-order valence-corrected chi connectivity index (χ3v) is 2.66. The van der Waals surface area contributed by atoms with Crippen molar-refractivity contribution in [2.45, 2.75) is 0 Å². The van der Waals surface area contributed by atoms with Gasteiger partial charge in [0.05, 0.1) is 3.57 Å². The maximum atomic E-state index is 8.64. The van der Waals surface area contributed by atoms with Gasteiger partial charge in [-0.1, -0.05) is 12.0 Å². The third kappa shape index (κ3) is 3.83. The molecule has 17 heavy (non-hydrogen) atoms. The van der Waals surface area contributed by atoms with Gasteiger partial charge in [-0.3, -0.25) is 0 Å². The maximum Gasteiger partial charge on any atom is 0.148 e. The summed E-state index contributed by atoms with van der Waals surface area (Å²) in [6.45, 7) is 0.215. The second-order valence-corrected chi connectivity index (χ2v) is 4.13. The lowest BCUT2D eigenvalue weighted by Gasteiger charge is -2.05. The van der Waals surface area contributed by atoms with E-state index in [1.54, 1.807) is 12.1 Å². The number of benzene rings is 1. The Morgan fingerprint density at radius 2 is 2.12 bits per heavy atom. The minimum absolute atomic E-state index is 0.0677. The van der Waals surface area contributed by atoms with Gasteiger partial charge >= 0.3 is 0 Å². The number of halogens is 1. The summed E-state index contributed by atoms with van der Waals surface area (Å²) in [4.78, 5) is 0. The van der Waals surface area contributed by atoms with Crippen LogP contribution in [0, 0.1) is 38.6 Å². The van der Waals surface area contributed by atoms with Crippen LogP contribution in [0.15, 0.2) is 23.8 Å². The largest absolute Gasteiger partial charge is 0.480 e. The third-order valence-electron chi connectivity index (χ3n) is 1.82. The van der Waals surface area contributed by atoms with Crippen LogP contribution in [0.5, 0.6) is 5.75 Å². The van der Waals surface area contributed by atoms with E-state index in [9.17, 15) is 0 Å². The molecule has 0 unspecified atom stereocenters. The van der Waals surface area contributed by atoms with E-state index in [0.717, 1.165) is 9.13 Å². The lowest BCUT2D eigenvalue weighted by molar-refractivity contribution is 0.368. The molecule has 82 valence electrons. The van der Waals surface area contributed by atoms with Crippen molar-refractivity contribution in [2.75, 3.05) is 6.61 Å². The Kier molecular flexibility index (Phi) is 5.07. The number of ether oxygens (including phenoxy) is 1. The van der Waals surface area contributed by atoms with E-state index in [1.165, 1.54) is 6.08 Å². The SMILES string of the molecule is C#CCOc1ccc(C=C(C#N)C#N)cc1I. The molecule has 0 spiro atoms. The van der Waals surface area contributed by atoms with Gasteiger partial charge in [0.1, 0.15) is 30.1 Å². The lowest BCUT2D eigenvalue weighted by Crippen LogP contribution is -1.95. The minimum atomic E-state index is 0.0677. The molecule has 0 aromatic heterocycles. The van der Waals surface area contributed by atoms with Gasteiger partial charge in [-0.05, 0) is 46.4 Å². The van der Waals surface area contributed by atoms with Crippen molar-refractivity contribution in [1.29, 1.82) is 10.5 Å². The predicted molar refractivity (Wildman–Crippen MR) is 72.7 cm³/mol. The van der Waals surface area contributed by atoms with Crippen LogP contribution in [0.3, 0.4) is 0 Å². The molecular formula is C13H7IN2O. The number of rotatable bonds is 3. The average Bonchev–Trinajstić information content (AvgIpc) is 2.35. The highest BCUT2D eigenvalue weighted by Gasteiger charge is 2.02. The fourth-order valence-corrected chi connectivity index (χ4v) is 1.79. The van der Waals surface area contributed by atoms with Gasteiger partial charge < -0.3 is 4.74 Å². The smallest absolute Gasteiger partial charge is 0.148 e. The zero-order chi connectivity index (χ0) is 12.7. The van der Waals surface area contributed by atoms with Gasteiger partial charge in [-0.15, -0.1) is 6.42 Å². The summed E-state index contributed by atoms with van der Waals surface area (Å²) in [5, 5.41) is 17.3. The summed E-state index contributed by atoms with van der Waals surface area (Å²) in [6, 6.07) is 8.97. The molecule has 1 aromatic carbocycles. The summed E-state index contributed by atoms with van der Waals surface area (Å²) in [7, 11) is 0. The topological polar surface area (TPSA) is 56.8 Å². The number of allylic oxidation sites excluding steroid dienone is 1. The minimum Gasteiger partial charge on any atom is -0.480 e. The molecule has 1 aromatic rings. The average molecular weight is 334 g/mol. The molecule has 4 heteroatoms. The first-order valence-corrected chi connectivity index (χ1v) is 5.67. The molecular weight excluding hydrogens is 327 g/mol. The fraction of sp³-hybridized carbons (Fsp3) is 0.0769. The quantitative estimate of drug-likeness (QED) is 0.485. The zero-order valence-electron chi connectivity index (χ0n) is 8.77. The van der Waals surface area contributed by atoms with Crippen molar-refractivity contribution in [3.05, 3.63) is 32.9 Å². The van der Waals surface area contributed by atoms with E-state index in [0.29, 0.717) is 5.75 Å². The van der Waals surface area contributed by atoms with Crippen molar-refractivity contribution in [3.63, 3.8) is 0 Å². The Morgan fingerprint density at radius 3 is 2.65 bits per heavy atom. The van der Waals surface area contributed by atoms with Crippen molar-refractivity contribution < 1.29 is 4.74 Å². The van der Waals surface area contributed by atoms with E-state index < -0.39 is 0 Å². The first kappa shape index (κ1) is 13.1. The molecule has 0 radical (unpaired) electrons. The Bertz CT molecular complexity index is 555. The molecule has 0 aliphatic rings. The number of nitriles is 2. The van der Waals surface area contributed by atoms with Crippen LogP contribution in [0.2, 0.25) is 0 Å². The molecule has 0 aliphatic heterocycles. The van der Waals surface area contributed by atoms with E-state index in [-0.39, 0.29) is 12.2 Å². The Labute approximate surface area is 113 Å². The summed E-state index contributed by atoms with van der Waals surface area (Å²) >= 11 is 2.11. The van der Waals surface area contributed by atoms with Gasteiger partial charge in [-0.25, -0.2) is 0 Å².